The molecule has 0 bridgehead atoms. The minimum Gasteiger partial charge on any atom is -0.456 e. The molecule has 0 radical (unpaired) electrons. The summed E-state index contributed by atoms with van der Waals surface area (Å²) in [5, 5.41) is 14.2. The van der Waals surface area contributed by atoms with Gasteiger partial charge in [0.05, 0.1) is 5.39 Å². The van der Waals surface area contributed by atoms with E-state index >= 15 is 0 Å². The number of hydrogen-bond acceptors (Lipinski definition) is 2. The fraction of sp³-hybridized carbons (Fsp3) is 0. The van der Waals surface area contributed by atoms with Gasteiger partial charge in [-0.05, 0) is 107 Å². The van der Waals surface area contributed by atoms with Crippen molar-refractivity contribution in [2.45, 2.75) is 0 Å². The zero-order valence-corrected chi connectivity index (χ0v) is 29.1. The van der Waals surface area contributed by atoms with Crippen molar-refractivity contribution in [3.05, 3.63) is 182 Å². The van der Waals surface area contributed by atoms with Crippen molar-refractivity contribution in [2.75, 3.05) is 0 Å². The predicted molar refractivity (Wildman–Crippen MR) is 227 cm³/mol. The van der Waals surface area contributed by atoms with E-state index in [4.69, 9.17) is 8.83 Å². The van der Waals surface area contributed by atoms with E-state index in [-0.39, 0.29) is 0 Å². The average Bonchev–Trinajstić information content (AvgIpc) is 3.81. The predicted octanol–water partition coefficient (Wildman–Crippen LogP) is 15.1. The zero-order valence-electron chi connectivity index (χ0n) is 29.1. The third kappa shape index (κ3) is 4.17. The smallest absolute Gasteiger partial charge is 0.147 e. The van der Waals surface area contributed by atoms with Crippen molar-refractivity contribution < 1.29 is 8.83 Å². The first-order chi connectivity index (χ1) is 26.8. The highest BCUT2D eigenvalue weighted by Crippen LogP contribution is 2.47. The molecule has 0 unspecified atom stereocenters. The fourth-order valence-corrected chi connectivity index (χ4v) is 9.06. The summed E-state index contributed by atoms with van der Waals surface area (Å²) < 4.78 is 13.1. The van der Waals surface area contributed by atoms with E-state index in [1.165, 1.54) is 65.3 Å². The van der Waals surface area contributed by atoms with E-state index in [0.29, 0.717) is 0 Å². The molecule has 2 heterocycles. The Balaban J connectivity index is 1.07. The molecule has 0 saturated carbocycles. The molecule has 2 heteroatoms. The molecular weight excluding hydrogens is 657 g/mol. The van der Waals surface area contributed by atoms with Crippen LogP contribution in [-0.2, 0) is 0 Å². The van der Waals surface area contributed by atoms with E-state index in [9.17, 15) is 0 Å². The molecule has 2 nitrogen and oxygen atoms in total. The highest BCUT2D eigenvalue weighted by molar-refractivity contribution is 6.27. The molecule has 54 heavy (non-hydrogen) atoms. The Morgan fingerprint density at radius 3 is 1.50 bits per heavy atom. The molecule has 0 amide bonds. The van der Waals surface area contributed by atoms with Crippen LogP contribution in [0.1, 0.15) is 0 Å². The lowest BCUT2D eigenvalue weighted by Crippen LogP contribution is -1.91. The van der Waals surface area contributed by atoms with Crippen LogP contribution in [0.4, 0.5) is 0 Å². The van der Waals surface area contributed by atoms with Crippen molar-refractivity contribution in [1.29, 1.82) is 0 Å². The standard InChI is InChI=1S/C52H30O2/c1-2-14-36-31(12-1)13-11-21-37(36)49-40-17-5-3-15-38(40)48(39-16-4-6-18-41(39)49)35-27-25-32-28-34(26-24-33(32)29-35)44-30-47-51(43-20-8-9-22-45(43)53-47)52-50(44)42-19-7-10-23-46(42)54-52/h1-30H. The summed E-state index contributed by atoms with van der Waals surface area (Å²) in [4.78, 5) is 0. The molecule has 12 aromatic rings. The lowest BCUT2D eigenvalue weighted by Gasteiger charge is -2.19. The summed E-state index contributed by atoms with van der Waals surface area (Å²) >= 11 is 0. The van der Waals surface area contributed by atoms with Crippen molar-refractivity contribution in [1.82, 2.24) is 0 Å². The number of para-hydroxylation sites is 2. The largest absolute Gasteiger partial charge is 0.456 e. The van der Waals surface area contributed by atoms with Crippen molar-refractivity contribution in [2.24, 2.45) is 0 Å². The molecule has 10 aromatic carbocycles. The van der Waals surface area contributed by atoms with Gasteiger partial charge in [0.15, 0.2) is 0 Å². The van der Waals surface area contributed by atoms with Crippen molar-refractivity contribution in [3.63, 3.8) is 0 Å². The minimum absolute atomic E-state index is 0.832. The molecule has 0 spiro atoms. The van der Waals surface area contributed by atoms with Gasteiger partial charge >= 0.3 is 0 Å². The molecular formula is C52H30O2. The Morgan fingerprint density at radius 1 is 0.278 bits per heavy atom. The molecule has 0 fully saturated rings. The van der Waals surface area contributed by atoms with Crippen LogP contribution in [-0.4, -0.2) is 0 Å². The van der Waals surface area contributed by atoms with E-state index in [0.717, 1.165) is 55.0 Å². The molecule has 0 atom stereocenters. The Bertz CT molecular complexity index is 3440. The van der Waals surface area contributed by atoms with E-state index < -0.39 is 0 Å². The first-order valence-corrected chi connectivity index (χ1v) is 18.5. The maximum Gasteiger partial charge on any atom is 0.147 e. The van der Waals surface area contributed by atoms with Gasteiger partial charge in [-0.25, -0.2) is 0 Å². The topological polar surface area (TPSA) is 26.3 Å². The molecule has 0 aliphatic rings. The second-order valence-electron chi connectivity index (χ2n) is 14.3. The second-order valence-corrected chi connectivity index (χ2v) is 14.3. The van der Waals surface area contributed by atoms with Gasteiger partial charge < -0.3 is 8.83 Å². The van der Waals surface area contributed by atoms with E-state index in [2.05, 4.69) is 164 Å². The highest BCUT2D eigenvalue weighted by atomic mass is 16.3. The Morgan fingerprint density at radius 2 is 0.796 bits per heavy atom. The summed E-state index contributed by atoms with van der Waals surface area (Å²) in [6.45, 7) is 0. The average molecular weight is 687 g/mol. The van der Waals surface area contributed by atoms with Crippen LogP contribution in [0.15, 0.2) is 191 Å². The number of furan rings is 2. The zero-order chi connectivity index (χ0) is 35.3. The summed E-state index contributed by atoms with van der Waals surface area (Å²) in [5.74, 6) is 0. The summed E-state index contributed by atoms with van der Waals surface area (Å²) in [6, 6.07) is 65.7. The summed E-state index contributed by atoms with van der Waals surface area (Å²) in [7, 11) is 0. The monoisotopic (exact) mass is 686 g/mol. The van der Waals surface area contributed by atoms with Crippen LogP contribution in [0.25, 0.3) is 120 Å². The highest BCUT2D eigenvalue weighted by Gasteiger charge is 2.22. The number of rotatable bonds is 3. The third-order valence-electron chi connectivity index (χ3n) is 11.4. The van der Waals surface area contributed by atoms with Crippen LogP contribution < -0.4 is 0 Å². The molecule has 0 aliphatic carbocycles. The van der Waals surface area contributed by atoms with Crippen molar-refractivity contribution >= 4 is 87.0 Å². The van der Waals surface area contributed by atoms with Gasteiger partial charge in [-0.2, -0.15) is 0 Å². The third-order valence-corrected chi connectivity index (χ3v) is 11.4. The van der Waals surface area contributed by atoms with Gasteiger partial charge in [0.2, 0.25) is 0 Å². The maximum atomic E-state index is 6.61. The van der Waals surface area contributed by atoms with Gasteiger partial charge in [0.1, 0.15) is 22.3 Å². The molecule has 0 N–H and O–H groups in total. The van der Waals surface area contributed by atoms with Gasteiger partial charge in [-0.15, -0.1) is 0 Å². The Kier molecular flexibility index (Phi) is 6.09. The molecule has 12 rings (SSSR count). The summed E-state index contributed by atoms with van der Waals surface area (Å²) in [5.41, 5.74) is 10.7. The Hall–Kier alpha value is -7.16. The van der Waals surface area contributed by atoms with Gasteiger partial charge in [-0.1, -0.05) is 152 Å². The Labute approximate surface area is 310 Å². The quantitative estimate of drug-likeness (QED) is 0.173. The second kappa shape index (κ2) is 11.2. The van der Waals surface area contributed by atoms with E-state index in [1.54, 1.807) is 0 Å². The van der Waals surface area contributed by atoms with Crippen LogP contribution >= 0.6 is 0 Å². The van der Waals surface area contributed by atoms with Crippen LogP contribution in [0.2, 0.25) is 0 Å². The van der Waals surface area contributed by atoms with Crippen LogP contribution in [0.3, 0.4) is 0 Å². The molecule has 0 saturated heterocycles. The van der Waals surface area contributed by atoms with Crippen molar-refractivity contribution in [3.8, 4) is 33.4 Å². The first-order valence-electron chi connectivity index (χ1n) is 18.5. The SMILES string of the molecule is c1ccc2c(-c3c4ccccc4c(-c4ccc5cc(-c6cc7oc8ccccc8c7c7oc8ccccc8c67)ccc5c4)c4ccccc34)cccc2c1. The van der Waals surface area contributed by atoms with Gasteiger partial charge in [-0.3, -0.25) is 0 Å². The minimum atomic E-state index is 0.832. The van der Waals surface area contributed by atoms with E-state index in [1.807, 2.05) is 18.2 Å². The fourth-order valence-electron chi connectivity index (χ4n) is 9.06. The van der Waals surface area contributed by atoms with Gasteiger partial charge in [0, 0.05) is 16.2 Å². The van der Waals surface area contributed by atoms with Crippen LogP contribution in [0.5, 0.6) is 0 Å². The number of fused-ring (bicyclic) bond motifs is 11. The molecule has 0 aliphatic heterocycles. The molecule has 2 aromatic heterocycles. The lowest BCUT2D eigenvalue weighted by molar-refractivity contribution is 0.663. The lowest BCUT2D eigenvalue weighted by atomic mass is 9.84. The first kappa shape index (κ1) is 29.4. The maximum absolute atomic E-state index is 6.61. The number of hydrogen-bond donors (Lipinski definition) is 0. The molecule has 250 valence electrons. The summed E-state index contributed by atoms with van der Waals surface area (Å²) in [6.07, 6.45) is 0. The van der Waals surface area contributed by atoms with Gasteiger partial charge in [0.25, 0.3) is 0 Å². The normalized spacial score (nSPS) is 12.1. The number of benzene rings is 10. The van der Waals surface area contributed by atoms with Crippen LogP contribution in [0, 0.1) is 0 Å².